The summed E-state index contributed by atoms with van der Waals surface area (Å²) in [5.41, 5.74) is 5.34. The van der Waals surface area contributed by atoms with Crippen molar-refractivity contribution >= 4 is 11.9 Å². The lowest BCUT2D eigenvalue weighted by molar-refractivity contribution is -0.119. The van der Waals surface area contributed by atoms with Gasteiger partial charge < -0.3 is 20.5 Å². The summed E-state index contributed by atoms with van der Waals surface area (Å²) in [6, 6.07) is 0. The Hall–Kier alpha value is -2.12. The van der Waals surface area contributed by atoms with E-state index in [1.54, 1.807) is 0 Å². The van der Waals surface area contributed by atoms with Crippen molar-refractivity contribution in [3.05, 3.63) is 11.7 Å². The Morgan fingerprint density at radius 3 is 3.04 bits per heavy atom. The average molecular weight is 336 g/mol. The first kappa shape index (κ1) is 18.2. The molecule has 0 bridgehead atoms. The van der Waals surface area contributed by atoms with E-state index in [2.05, 4.69) is 27.3 Å². The zero-order valence-corrected chi connectivity index (χ0v) is 14.6. The molecule has 8 nitrogen and oxygen atoms in total. The first-order chi connectivity index (χ1) is 11.6. The van der Waals surface area contributed by atoms with Gasteiger partial charge in [0.2, 0.25) is 11.8 Å². The van der Waals surface area contributed by atoms with Crippen molar-refractivity contribution in [1.82, 2.24) is 20.4 Å². The number of hydrogen-bond donors (Lipinski definition) is 2. The molecule has 1 unspecified atom stereocenters. The van der Waals surface area contributed by atoms with Gasteiger partial charge in [0.1, 0.15) is 0 Å². The molecule has 1 aliphatic rings. The summed E-state index contributed by atoms with van der Waals surface area (Å²) in [7, 11) is 0. The SMILES string of the molecule is CCNC(=NCCCc1nc(C)no1)N1CCCC(CC(N)=O)C1. The number of hydrogen-bond acceptors (Lipinski definition) is 5. The molecule has 3 N–H and O–H groups in total. The molecule has 1 fully saturated rings. The Kier molecular flexibility index (Phi) is 7.02. The van der Waals surface area contributed by atoms with Crippen molar-refractivity contribution < 1.29 is 9.32 Å². The summed E-state index contributed by atoms with van der Waals surface area (Å²) in [6.45, 7) is 7.18. The Bertz CT molecular complexity index is 557. The Balaban J connectivity index is 1.85. The molecule has 1 atom stereocenters. The monoisotopic (exact) mass is 336 g/mol. The number of nitrogens with zero attached hydrogens (tertiary/aromatic N) is 4. The molecule has 1 aromatic rings. The number of aliphatic imine (C=N–C) groups is 1. The van der Waals surface area contributed by atoms with Crippen molar-refractivity contribution in [3.8, 4) is 0 Å². The first-order valence-corrected chi connectivity index (χ1v) is 8.69. The number of nitrogens with two attached hydrogens (primary N) is 1. The lowest BCUT2D eigenvalue weighted by Gasteiger charge is -2.34. The van der Waals surface area contributed by atoms with Crippen LogP contribution in [0.1, 0.15) is 44.3 Å². The molecular formula is C16H28N6O2. The highest BCUT2D eigenvalue weighted by molar-refractivity contribution is 5.80. The van der Waals surface area contributed by atoms with Crippen LogP contribution in [0.15, 0.2) is 9.52 Å². The Morgan fingerprint density at radius 2 is 2.38 bits per heavy atom. The predicted molar refractivity (Wildman–Crippen MR) is 91.4 cm³/mol. The third-order valence-electron chi connectivity index (χ3n) is 4.02. The van der Waals surface area contributed by atoms with E-state index in [9.17, 15) is 4.79 Å². The molecule has 134 valence electrons. The number of carbonyl (C=O) groups is 1. The van der Waals surface area contributed by atoms with Crippen molar-refractivity contribution in [2.45, 2.75) is 46.0 Å². The van der Waals surface area contributed by atoms with Crippen LogP contribution in [0.3, 0.4) is 0 Å². The maximum absolute atomic E-state index is 11.2. The number of carbonyl (C=O) groups excluding carboxylic acids is 1. The summed E-state index contributed by atoms with van der Waals surface area (Å²) in [5.74, 6) is 2.33. The summed E-state index contributed by atoms with van der Waals surface area (Å²) < 4.78 is 5.11. The van der Waals surface area contributed by atoms with Crippen molar-refractivity contribution in [2.75, 3.05) is 26.2 Å². The second-order valence-corrected chi connectivity index (χ2v) is 6.20. The molecule has 8 heteroatoms. The second-order valence-electron chi connectivity index (χ2n) is 6.20. The average Bonchev–Trinajstić information content (AvgIpc) is 2.95. The number of likely N-dealkylation sites (tertiary alicyclic amines) is 1. The fourth-order valence-electron chi connectivity index (χ4n) is 2.99. The molecule has 2 heterocycles. The highest BCUT2D eigenvalue weighted by Gasteiger charge is 2.23. The quantitative estimate of drug-likeness (QED) is 0.434. The molecule has 1 amide bonds. The molecule has 24 heavy (non-hydrogen) atoms. The standard InChI is InChI=1S/C16H28N6O2/c1-3-18-16(19-8-4-7-15-20-12(2)21-24-15)22-9-5-6-13(11-22)10-14(17)23/h13H,3-11H2,1-2H3,(H2,17,23)(H,18,19). The lowest BCUT2D eigenvalue weighted by atomic mass is 9.95. The molecule has 0 radical (unpaired) electrons. The smallest absolute Gasteiger partial charge is 0.226 e. The van der Waals surface area contributed by atoms with E-state index in [0.717, 1.165) is 51.3 Å². The van der Waals surface area contributed by atoms with E-state index in [-0.39, 0.29) is 5.91 Å². The van der Waals surface area contributed by atoms with Gasteiger partial charge in [-0.3, -0.25) is 9.79 Å². The van der Waals surface area contributed by atoms with Gasteiger partial charge in [0.25, 0.3) is 0 Å². The molecule has 1 aromatic heterocycles. The number of primary amides is 1. The summed E-state index contributed by atoms with van der Waals surface area (Å²) in [5, 5.41) is 7.12. The zero-order valence-electron chi connectivity index (χ0n) is 14.6. The van der Waals surface area contributed by atoms with E-state index in [4.69, 9.17) is 15.2 Å². The van der Waals surface area contributed by atoms with Crippen LogP contribution in [0.2, 0.25) is 0 Å². The van der Waals surface area contributed by atoms with Gasteiger partial charge in [0.15, 0.2) is 11.8 Å². The van der Waals surface area contributed by atoms with Gasteiger partial charge in [-0.25, -0.2) is 0 Å². The number of aryl methyl sites for hydroxylation is 2. The minimum atomic E-state index is -0.223. The van der Waals surface area contributed by atoms with Crippen molar-refractivity contribution in [3.63, 3.8) is 0 Å². The van der Waals surface area contributed by atoms with E-state index in [1.807, 2.05) is 6.92 Å². The summed E-state index contributed by atoms with van der Waals surface area (Å²) >= 11 is 0. The van der Waals surface area contributed by atoms with Gasteiger partial charge in [-0.15, -0.1) is 0 Å². The van der Waals surface area contributed by atoms with E-state index < -0.39 is 0 Å². The first-order valence-electron chi connectivity index (χ1n) is 8.69. The minimum Gasteiger partial charge on any atom is -0.370 e. The largest absolute Gasteiger partial charge is 0.370 e. The molecule has 0 aromatic carbocycles. The Morgan fingerprint density at radius 1 is 1.54 bits per heavy atom. The number of aromatic nitrogens is 2. The predicted octanol–water partition coefficient (Wildman–Crippen LogP) is 0.864. The molecule has 1 saturated heterocycles. The van der Waals surface area contributed by atoms with E-state index >= 15 is 0 Å². The zero-order chi connectivity index (χ0) is 17.4. The number of piperidine rings is 1. The number of guanidine groups is 1. The second kappa shape index (κ2) is 9.24. The maximum Gasteiger partial charge on any atom is 0.226 e. The molecule has 2 rings (SSSR count). The number of rotatable bonds is 7. The van der Waals surface area contributed by atoms with Gasteiger partial charge in [-0.1, -0.05) is 5.16 Å². The molecule has 1 aliphatic heterocycles. The third-order valence-corrected chi connectivity index (χ3v) is 4.02. The van der Waals surface area contributed by atoms with Crippen LogP contribution in [0, 0.1) is 12.8 Å². The van der Waals surface area contributed by atoms with Crippen LogP contribution < -0.4 is 11.1 Å². The van der Waals surface area contributed by atoms with Crippen LogP contribution in [0.5, 0.6) is 0 Å². The van der Waals surface area contributed by atoms with E-state index in [1.165, 1.54) is 0 Å². The van der Waals surface area contributed by atoms with Crippen LogP contribution in [0.25, 0.3) is 0 Å². The fraction of sp³-hybridized carbons (Fsp3) is 0.750. The molecule has 0 aliphatic carbocycles. The topological polar surface area (TPSA) is 110 Å². The molecule has 0 spiro atoms. The van der Waals surface area contributed by atoms with Crippen LogP contribution in [-0.4, -0.2) is 53.1 Å². The van der Waals surface area contributed by atoms with Gasteiger partial charge in [-0.2, -0.15) is 4.98 Å². The van der Waals surface area contributed by atoms with Gasteiger partial charge in [0.05, 0.1) is 0 Å². The molecule has 0 saturated carbocycles. The normalized spacial score (nSPS) is 18.7. The minimum absolute atomic E-state index is 0.223. The highest BCUT2D eigenvalue weighted by Crippen LogP contribution is 2.19. The van der Waals surface area contributed by atoms with Crippen LogP contribution in [-0.2, 0) is 11.2 Å². The lowest BCUT2D eigenvalue weighted by Crippen LogP contribution is -2.47. The number of amides is 1. The van der Waals surface area contributed by atoms with E-state index in [0.29, 0.717) is 30.6 Å². The highest BCUT2D eigenvalue weighted by atomic mass is 16.5. The van der Waals surface area contributed by atoms with Crippen molar-refractivity contribution in [2.24, 2.45) is 16.6 Å². The number of nitrogens with one attached hydrogen (secondary N) is 1. The fourth-order valence-corrected chi connectivity index (χ4v) is 2.99. The van der Waals surface area contributed by atoms with Gasteiger partial charge >= 0.3 is 0 Å². The van der Waals surface area contributed by atoms with Crippen molar-refractivity contribution in [1.29, 1.82) is 0 Å². The van der Waals surface area contributed by atoms with Gasteiger partial charge in [-0.05, 0) is 39.0 Å². The summed E-state index contributed by atoms with van der Waals surface area (Å²) in [6.07, 6.45) is 4.15. The van der Waals surface area contributed by atoms with Crippen LogP contribution >= 0.6 is 0 Å². The molecular weight excluding hydrogens is 308 g/mol. The Labute approximate surface area is 142 Å². The third kappa shape index (κ3) is 5.82. The summed E-state index contributed by atoms with van der Waals surface area (Å²) in [4.78, 5) is 22.3. The van der Waals surface area contributed by atoms with Crippen LogP contribution in [0.4, 0.5) is 0 Å². The maximum atomic E-state index is 11.2. The van der Waals surface area contributed by atoms with Gasteiger partial charge in [0, 0.05) is 39.0 Å².